The Morgan fingerprint density at radius 1 is 1.36 bits per heavy atom. The molecule has 116 valence electrons. The average molecular weight is 307 g/mol. The van der Waals surface area contributed by atoms with Gasteiger partial charge in [0.15, 0.2) is 11.6 Å². The standard InChI is InChI=1S/C15H15F2N3O2/c16-11-2-1-10(7-12(11)17)8-15(21)20-5-6-22-9-14(20)13-3-4-18-19-13/h1-4,7,14H,5-6,8-9H2,(H,18,19)/t14-/m1/s1. The Morgan fingerprint density at radius 2 is 2.23 bits per heavy atom. The summed E-state index contributed by atoms with van der Waals surface area (Å²) in [6.07, 6.45) is 1.63. The van der Waals surface area contributed by atoms with Crippen molar-refractivity contribution in [1.82, 2.24) is 15.1 Å². The predicted octanol–water partition coefficient (Wildman–Crippen LogP) is 1.83. The Balaban J connectivity index is 1.75. The lowest BCUT2D eigenvalue weighted by molar-refractivity contribution is -0.139. The number of rotatable bonds is 3. The summed E-state index contributed by atoms with van der Waals surface area (Å²) in [5.41, 5.74) is 1.23. The van der Waals surface area contributed by atoms with Crippen LogP contribution in [-0.4, -0.2) is 40.8 Å². The quantitative estimate of drug-likeness (QED) is 0.941. The Morgan fingerprint density at radius 3 is 2.95 bits per heavy atom. The molecule has 1 aromatic carbocycles. The van der Waals surface area contributed by atoms with Crippen LogP contribution in [0.25, 0.3) is 0 Å². The molecule has 3 rings (SSSR count). The second-order valence-electron chi connectivity index (χ2n) is 5.12. The molecule has 5 nitrogen and oxygen atoms in total. The number of halogens is 2. The summed E-state index contributed by atoms with van der Waals surface area (Å²) in [5, 5.41) is 6.73. The minimum absolute atomic E-state index is 0.0157. The number of carbonyl (C=O) groups excluding carboxylic acids is 1. The predicted molar refractivity (Wildman–Crippen MR) is 73.9 cm³/mol. The van der Waals surface area contributed by atoms with Crippen molar-refractivity contribution < 1.29 is 18.3 Å². The van der Waals surface area contributed by atoms with E-state index in [1.54, 1.807) is 17.2 Å². The Bertz CT molecular complexity index is 661. The molecular formula is C15H15F2N3O2. The molecule has 1 aliphatic heterocycles. The van der Waals surface area contributed by atoms with E-state index >= 15 is 0 Å². The van der Waals surface area contributed by atoms with Gasteiger partial charge in [-0.25, -0.2) is 8.78 Å². The molecule has 2 heterocycles. The normalized spacial score (nSPS) is 18.5. The number of hydrogen-bond acceptors (Lipinski definition) is 3. The molecule has 1 atom stereocenters. The van der Waals surface area contributed by atoms with Crippen molar-refractivity contribution in [1.29, 1.82) is 0 Å². The first-order valence-corrected chi connectivity index (χ1v) is 6.95. The maximum atomic E-state index is 13.2. The number of ether oxygens (including phenoxy) is 1. The molecule has 1 amide bonds. The molecule has 22 heavy (non-hydrogen) atoms. The van der Waals surface area contributed by atoms with Crippen LogP contribution >= 0.6 is 0 Å². The zero-order chi connectivity index (χ0) is 15.5. The second kappa shape index (κ2) is 6.23. The molecule has 1 saturated heterocycles. The molecule has 0 unspecified atom stereocenters. The Labute approximate surface area is 125 Å². The summed E-state index contributed by atoms with van der Waals surface area (Å²) in [6.45, 7) is 1.28. The van der Waals surface area contributed by atoms with Crippen molar-refractivity contribution in [2.75, 3.05) is 19.8 Å². The van der Waals surface area contributed by atoms with E-state index < -0.39 is 11.6 Å². The third-order valence-electron chi connectivity index (χ3n) is 3.67. The average Bonchev–Trinajstić information content (AvgIpc) is 3.05. The van der Waals surface area contributed by atoms with E-state index in [1.165, 1.54) is 6.07 Å². The third-order valence-corrected chi connectivity index (χ3v) is 3.67. The van der Waals surface area contributed by atoms with Gasteiger partial charge in [0.25, 0.3) is 0 Å². The lowest BCUT2D eigenvalue weighted by atomic mass is 10.1. The van der Waals surface area contributed by atoms with Crippen LogP contribution in [0.15, 0.2) is 30.5 Å². The number of nitrogens with zero attached hydrogens (tertiary/aromatic N) is 2. The van der Waals surface area contributed by atoms with E-state index in [0.717, 1.165) is 17.8 Å². The van der Waals surface area contributed by atoms with Gasteiger partial charge in [-0.15, -0.1) is 0 Å². The van der Waals surface area contributed by atoms with Gasteiger partial charge in [-0.2, -0.15) is 5.10 Å². The number of benzene rings is 1. The van der Waals surface area contributed by atoms with E-state index in [4.69, 9.17) is 4.74 Å². The van der Waals surface area contributed by atoms with Crippen molar-refractivity contribution in [3.05, 3.63) is 53.4 Å². The van der Waals surface area contributed by atoms with Crippen LogP contribution in [-0.2, 0) is 16.0 Å². The number of aromatic nitrogens is 2. The first-order chi connectivity index (χ1) is 10.6. The van der Waals surface area contributed by atoms with E-state index in [0.29, 0.717) is 25.3 Å². The maximum absolute atomic E-state index is 13.2. The smallest absolute Gasteiger partial charge is 0.227 e. The van der Waals surface area contributed by atoms with Crippen LogP contribution in [0.3, 0.4) is 0 Å². The van der Waals surface area contributed by atoms with Crippen LogP contribution in [0, 0.1) is 11.6 Å². The summed E-state index contributed by atoms with van der Waals surface area (Å²) in [6, 6.07) is 5.05. The minimum atomic E-state index is -0.947. The largest absolute Gasteiger partial charge is 0.377 e. The summed E-state index contributed by atoms with van der Waals surface area (Å²) in [7, 11) is 0. The number of nitrogens with one attached hydrogen (secondary N) is 1. The van der Waals surface area contributed by atoms with Gasteiger partial charge in [-0.05, 0) is 23.8 Å². The van der Waals surface area contributed by atoms with Crippen molar-refractivity contribution in [3.63, 3.8) is 0 Å². The van der Waals surface area contributed by atoms with Crippen LogP contribution in [0.1, 0.15) is 17.3 Å². The Hall–Kier alpha value is -2.28. The molecular weight excluding hydrogens is 292 g/mol. The van der Waals surface area contributed by atoms with Gasteiger partial charge < -0.3 is 9.64 Å². The van der Waals surface area contributed by atoms with Crippen LogP contribution in [0.2, 0.25) is 0 Å². The number of carbonyl (C=O) groups is 1. The van der Waals surface area contributed by atoms with Crippen molar-refractivity contribution in [2.24, 2.45) is 0 Å². The first kappa shape index (κ1) is 14.6. The van der Waals surface area contributed by atoms with E-state index in [-0.39, 0.29) is 18.4 Å². The number of H-pyrrole nitrogens is 1. The summed E-state index contributed by atoms with van der Waals surface area (Å²) < 4.78 is 31.6. The summed E-state index contributed by atoms with van der Waals surface area (Å²) in [5.74, 6) is -2.02. The highest BCUT2D eigenvalue weighted by Gasteiger charge is 2.29. The van der Waals surface area contributed by atoms with Gasteiger partial charge in [-0.1, -0.05) is 6.07 Å². The second-order valence-corrected chi connectivity index (χ2v) is 5.12. The lowest BCUT2D eigenvalue weighted by Crippen LogP contribution is -2.44. The van der Waals surface area contributed by atoms with Crippen molar-refractivity contribution in [3.8, 4) is 0 Å². The molecule has 1 N–H and O–H groups in total. The van der Waals surface area contributed by atoms with E-state index in [1.807, 2.05) is 0 Å². The fourth-order valence-corrected chi connectivity index (χ4v) is 2.54. The molecule has 1 aromatic heterocycles. The minimum Gasteiger partial charge on any atom is -0.377 e. The first-order valence-electron chi connectivity index (χ1n) is 6.95. The number of amides is 1. The third kappa shape index (κ3) is 2.99. The fraction of sp³-hybridized carbons (Fsp3) is 0.333. The van der Waals surface area contributed by atoms with E-state index in [9.17, 15) is 13.6 Å². The fourth-order valence-electron chi connectivity index (χ4n) is 2.54. The van der Waals surface area contributed by atoms with Gasteiger partial charge in [0.1, 0.15) is 0 Å². The molecule has 1 aliphatic rings. The Kier molecular flexibility index (Phi) is 4.15. The van der Waals surface area contributed by atoms with Gasteiger partial charge in [0.2, 0.25) is 5.91 Å². The summed E-state index contributed by atoms with van der Waals surface area (Å²) >= 11 is 0. The summed E-state index contributed by atoms with van der Waals surface area (Å²) in [4.78, 5) is 14.2. The number of aromatic amines is 1. The van der Waals surface area contributed by atoms with Gasteiger partial charge >= 0.3 is 0 Å². The van der Waals surface area contributed by atoms with E-state index in [2.05, 4.69) is 10.2 Å². The highest BCUT2D eigenvalue weighted by Crippen LogP contribution is 2.23. The lowest BCUT2D eigenvalue weighted by Gasteiger charge is -2.35. The number of morpholine rings is 1. The zero-order valence-electron chi connectivity index (χ0n) is 11.8. The van der Waals surface area contributed by atoms with Crippen molar-refractivity contribution in [2.45, 2.75) is 12.5 Å². The maximum Gasteiger partial charge on any atom is 0.227 e. The molecule has 0 saturated carbocycles. The molecule has 0 radical (unpaired) electrons. The highest BCUT2D eigenvalue weighted by molar-refractivity contribution is 5.79. The van der Waals surface area contributed by atoms with Crippen LogP contribution in [0.4, 0.5) is 8.78 Å². The zero-order valence-corrected chi connectivity index (χ0v) is 11.8. The molecule has 7 heteroatoms. The molecule has 1 fully saturated rings. The van der Waals surface area contributed by atoms with Gasteiger partial charge in [0, 0.05) is 12.7 Å². The van der Waals surface area contributed by atoms with Crippen LogP contribution in [0.5, 0.6) is 0 Å². The van der Waals surface area contributed by atoms with Gasteiger partial charge in [0.05, 0.1) is 31.4 Å². The number of hydrogen-bond donors (Lipinski definition) is 1. The monoisotopic (exact) mass is 307 g/mol. The SMILES string of the molecule is O=C(Cc1ccc(F)c(F)c1)N1CCOC[C@@H]1c1ccn[nH]1. The highest BCUT2D eigenvalue weighted by atomic mass is 19.2. The topological polar surface area (TPSA) is 58.2 Å². The molecule has 0 spiro atoms. The molecule has 0 bridgehead atoms. The van der Waals surface area contributed by atoms with Crippen LogP contribution < -0.4 is 0 Å². The molecule has 0 aliphatic carbocycles. The molecule has 2 aromatic rings. The van der Waals surface area contributed by atoms with Gasteiger partial charge in [-0.3, -0.25) is 9.89 Å². The van der Waals surface area contributed by atoms with Crippen molar-refractivity contribution >= 4 is 5.91 Å².